The van der Waals surface area contributed by atoms with Gasteiger partial charge in [0.1, 0.15) is 23.9 Å². The molecule has 3 aromatic rings. The third-order valence-corrected chi connectivity index (χ3v) is 5.10. The first kappa shape index (κ1) is 21.7. The number of hydrogen-bond acceptors (Lipinski definition) is 5. The van der Waals surface area contributed by atoms with Gasteiger partial charge in [-0.25, -0.2) is 0 Å². The molecule has 0 spiro atoms. The van der Waals surface area contributed by atoms with Crippen molar-refractivity contribution >= 4 is 0 Å². The number of aliphatic hydroxyl groups excluding tert-OH is 1. The van der Waals surface area contributed by atoms with Crippen molar-refractivity contribution in [2.45, 2.75) is 20.1 Å². The van der Waals surface area contributed by atoms with E-state index in [1.54, 1.807) is 14.2 Å². The summed E-state index contributed by atoms with van der Waals surface area (Å²) in [5.41, 5.74) is 5.62. The minimum atomic E-state index is 0.0766. The maximum absolute atomic E-state index is 8.99. The van der Waals surface area contributed by atoms with Crippen molar-refractivity contribution < 1.29 is 19.3 Å². The van der Waals surface area contributed by atoms with Crippen molar-refractivity contribution in [1.29, 1.82) is 0 Å². The number of hydrogen-bond donors (Lipinski definition) is 2. The van der Waals surface area contributed by atoms with Gasteiger partial charge < -0.3 is 24.6 Å². The molecule has 0 saturated carbocycles. The predicted octanol–water partition coefficient (Wildman–Crippen LogP) is 4.34. The topological polar surface area (TPSA) is 60.0 Å². The lowest BCUT2D eigenvalue weighted by Crippen LogP contribution is -2.18. The van der Waals surface area contributed by atoms with Gasteiger partial charge in [-0.1, -0.05) is 48.5 Å². The summed E-state index contributed by atoms with van der Waals surface area (Å²) in [6, 6.07) is 20.4. The lowest BCUT2D eigenvalue weighted by Gasteiger charge is -2.17. The number of nitrogens with one attached hydrogen (secondary N) is 1. The Labute approximate surface area is 178 Å². The smallest absolute Gasteiger partial charge is 0.130 e. The van der Waals surface area contributed by atoms with Crippen molar-refractivity contribution in [2.24, 2.45) is 0 Å². The zero-order chi connectivity index (χ0) is 21.3. The van der Waals surface area contributed by atoms with E-state index in [1.807, 2.05) is 30.3 Å². The second kappa shape index (κ2) is 10.7. The van der Waals surface area contributed by atoms with E-state index >= 15 is 0 Å². The Morgan fingerprint density at radius 2 is 1.60 bits per heavy atom. The minimum Gasteiger partial charge on any atom is -0.496 e. The molecule has 0 aliphatic rings. The molecule has 0 aliphatic carbocycles. The van der Waals surface area contributed by atoms with Crippen LogP contribution < -0.4 is 19.5 Å². The van der Waals surface area contributed by atoms with Crippen molar-refractivity contribution in [2.75, 3.05) is 27.4 Å². The number of methoxy groups -OCH3 is 2. The molecule has 3 rings (SSSR count). The summed E-state index contributed by atoms with van der Waals surface area (Å²) < 4.78 is 17.2. The van der Waals surface area contributed by atoms with Gasteiger partial charge in [-0.05, 0) is 29.2 Å². The predicted molar refractivity (Wildman–Crippen MR) is 119 cm³/mol. The summed E-state index contributed by atoms with van der Waals surface area (Å²) in [4.78, 5) is 0. The molecule has 5 heteroatoms. The van der Waals surface area contributed by atoms with Crippen LogP contribution in [0.3, 0.4) is 0 Å². The van der Waals surface area contributed by atoms with Gasteiger partial charge in [0.05, 0.1) is 26.4 Å². The standard InChI is InChI=1S/C25H29NO4/c1-18-20(10-7-11-22(18)19-8-5-4-6-9-19)17-30-21-14-24(28-2)23(16-26-12-13-27)25(15-21)29-3/h4-11,14-15,26-27H,12-13,16-17H2,1-3H3. The summed E-state index contributed by atoms with van der Waals surface area (Å²) in [6.45, 7) is 3.68. The number of benzene rings is 3. The zero-order valence-electron chi connectivity index (χ0n) is 17.8. The molecule has 0 unspecified atom stereocenters. The minimum absolute atomic E-state index is 0.0766. The maximum Gasteiger partial charge on any atom is 0.130 e. The molecule has 3 aromatic carbocycles. The Morgan fingerprint density at radius 3 is 2.23 bits per heavy atom. The fourth-order valence-electron chi connectivity index (χ4n) is 3.44. The number of rotatable bonds is 10. The third-order valence-electron chi connectivity index (χ3n) is 5.10. The highest BCUT2D eigenvalue weighted by molar-refractivity contribution is 5.68. The summed E-state index contributed by atoms with van der Waals surface area (Å²) >= 11 is 0. The second-order valence-corrected chi connectivity index (χ2v) is 6.95. The monoisotopic (exact) mass is 407 g/mol. The van der Waals surface area contributed by atoms with E-state index in [-0.39, 0.29) is 6.61 Å². The zero-order valence-corrected chi connectivity index (χ0v) is 17.8. The Kier molecular flexibility index (Phi) is 7.71. The molecule has 0 bridgehead atoms. The van der Waals surface area contributed by atoms with Crippen molar-refractivity contribution in [3.05, 3.63) is 77.4 Å². The largest absolute Gasteiger partial charge is 0.496 e. The number of ether oxygens (including phenoxy) is 3. The number of aliphatic hydroxyl groups is 1. The molecule has 30 heavy (non-hydrogen) atoms. The highest BCUT2D eigenvalue weighted by Gasteiger charge is 2.14. The Hall–Kier alpha value is -3.02. The van der Waals surface area contributed by atoms with Gasteiger partial charge in [0.2, 0.25) is 0 Å². The van der Waals surface area contributed by atoms with E-state index in [2.05, 4.69) is 42.6 Å². The molecule has 5 nitrogen and oxygen atoms in total. The van der Waals surface area contributed by atoms with E-state index in [0.29, 0.717) is 36.9 Å². The fraction of sp³-hybridized carbons (Fsp3) is 0.280. The van der Waals surface area contributed by atoms with Crippen LogP contribution in [0.4, 0.5) is 0 Å². The summed E-state index contributed by atoms with van der Waals surface area (Å²) in [5, 5.41) is 12.1. The summed E-state index contributed by atoms with van der Waals surface area (Å²) in [5.74, 6) is 2.05. The van der Waals surface area contributed by atoms with Gasteiger partial charge in [0.25, 0.3) is 0 Å². The fourth-order valence-corrected chi connectivity index (χ4v) is 3.44. The van der Waals surface area contributed by atoms with Crippen LogP contribution in [0.15, 0.2) is 60.7 Å². The molecule has 0 fully saturated rings. The summed E-state index contributed by atoms with van der Waals surface area (Å²) in [7, 11) is 3.25. The highest BCUT2D eigenvalue weighted by atomic mass is 16.5. The maximum atomic E-state index is 8.99. The van der Waals surface area contributed by atoms with Crippen LogP contribution in [0.25, 0.3) is 11.1 Å². The average molecular weight is 408 g/mol. The van der Waals surface area contributed by atoms with Crippen LogP contribution in [0.1, 0.15) is 16.7 Å². The van der Waals surface area contributed by atoms with Crippen LogP contribution in [0.2, 0.25) is 0 Å². The Bertz CT molecular complexity index is 932. The lowest BCUT2D eigenvalue weighted by atomic mass is 9.97. The average Bonchev–Trinajstić information content (AvgIpc) is 2.79. The van der Waals surface area contributed by atoms with E-state index in [4.69, 9.17) is 19.3 Å². The Morgan fingerprint density at radius 1 is 0.900 bits per heavy atom. The van der Waals surface area contributed by atoms with Crippen molar-refractivity contribution in [3.63, 3.8) is 0 Å². The van der Waals surface area contributed by atoms with Crippen LogP contribution >= 0.6 is 0 Å². The molecular formula is C25H29NO4. The molecule has 0 aliphatic heterocycles. The van der Waals surface area contributed by atoms with Crippen LogP contribution in [-0.4, -0.2) is 32.5 Å². The van der Waals surface area contributed by atoms with E-state index < -0.39 is 0 Å². The highest BCUT2D eigenvalue weighted by Crippen LogP contribution is 2.35. The lowest BCUT2D eigenvalue weighted by molar-refractivity contribution is 0.289. The second-order valence-electron chi connectivity index (χ2n) is 6.95. The molecule has 2 N–H and O–H groups in total. The van der Waals surface area contributed by atoms with E-state index in [0.717, 1.165) is 11.1 Å². The third kappa shape index (κ3) is 5.12. The quantitative estimate of drug-likeness (QED) is 0.490. The van der Waals surface area contributed by atoms with Crippen LogP contribution in [0, 0.1) is 6.92 Å². The van der Waals surface area contributed by atoms with Crippen molar-refractivity contribution in [3.8, 4) is 28.4 Å². The molecule has 158 valence electrons. The first-order valence-corrected chi connectivity index (χ1v) is 10.0. The van der Waals surface area contributed by atoms with Crippen LogP contribution in [0.5, 0.6) is 17.2 Å². The SMILES string of the molecule is COc1cc(OCc2cccc(-c3ccccc3)c2C)cc(OC)c1CNCCO. The molecule has 0 aromatic heterocycles. The van der Waals surface area contributed by atoms with Gasteiger partial charge >= 0.3 is 0 Å². The normalized spacial score (nSPS) is 10.7. The first-order valence-electron chi connectivity index (χ1n) is 10.0. The molecule has 0 amide bonds. The van der Waals surface area contributed by atoms with Gasteiger partial charge in [0, 0.05) is 25.2 Å². The van der Waals surface area contributed by atoms with Gasteiger partial charge in [-0.15, -0.1) is 0 Å². The first-order chi connectivity index (χ1) is 14.7. The Balaban J connectivity index is 1.80. The summed E-state index contributed by atoms with van der Waals surface area (Å²) in [6.07, 6.45) is 0. The van der Waals surface area contributed by atoms with Crippen molar-refractivity contribution in [1.82, 2.24) is 5.32 Å². The molecule has 0 radical (unpaired) electrons. The van der Waals surface area contributed by atoms with Gasteiger partial charge in [-0.2, -0.15) is 0 Å². The van der Waals surface area contributed by atoms with Gasteiger partial charge in [0.15, 0.2) is 0 Å². The van der Waals surface area contributed by atoms with E-state index in [9.17, 15) is 0 Å². The molecular weight excluding hydrogens is 378 g/mol. The van der Waals surface area contributed by atoms with E-state index in [1.165, 1.54) is 16.7 Å². The van der Waals surface area contributed by atoms with Crippen LogP contribution in [-0.2, 0) is 13.2 Å². The molecule has 0 saturated heterocycles. The van der Waals surface area contributed by atoms with Gasteiger partial charge in [-0.3, -0.25) is 0 Å². The molecule has 0 atom stereocenters. The molecule has 0 heterocycles.